The maximum Gasteiger partial charge on any atom is 0.265 e. The van der Waals surface area contributed by atoms with E-state index in [9.17, 15) is 14.0 Å². The van der Waals surface area contributed by atoms with Crippen molar-refractivity contribution >= 4 is 17.5 Å². The molecule has 0 aromatic heterocycles. The Morgan fingerprint density at radius 3 is 2.95 bits per heavy atom. The molecule has 2 heterocycles. The van der Waals surface area contributed by atoms with Crippen molar-refractivity contribution in [3.8, 4) is 5.75 Å². The summed E-state index contributed by atoms with van der Waals surface area (Å²) in [6.07, 6.45) is 1.09. The number of anilines is 1. The van der Waals surface area contributed by atoms with Gasteiger partial charge in [-0.1, -0.05) is 0 Å². The van der Waals surface area contributed by atoms with Crippen LogP contribution in [0.3, 0.4) is 0 Å². The fraction of sp³-hybridized carbons (Fsp3) is 0.500. The van der Waals surface area contributed by atoms with Gasteiger partial charge in [0, 0.05) is 25.9 Å². The Morgan fingerprint density at radius 2 is 2.23 bits per heavy atom. The van der Waals surface area contributed by atoms with Gasteiger partial charge in [0.1, 0.15) is 0 Å². The van der Waals surface area contributed by atoms with E-state index < -0.39 is 11.9 Å². The molecule has 0 spiro atoms. The number of nitrogens with one attached hydrogen (secondary N) is 1. The summed E-state index contributed by atoms with van der Waals surface area (Å²) in [5.74, 6) is -0.547. The number of hydrogen-bond donors (Lipinski definition) is 1. The molecule has 0 saturated carbocycles. The number of ether oxygens (including phenoxy) is 1. The number of benzene rings is 1. The van der Waals surface area contributed by atoms with Crippen LogP contribution in [-0.4, -0.2) is 35.9 Å². The van der Waals surface area contributed by atoms with Crippen LogP contribution in [0.4, 0.5) is 10.1 Å². The summed E-state index contributed by atoms with van der Waals surface area (Å²) in [6.45, 7) is 4.46. The van der Waals surface area contributed by atoms with E-state index in [2.05, 4.69) is 5.32 Å². The van der Waals surface area contributed by atoms with Crippen LogP contribution in [0.5, 0.6) is 5.75 Å². The average Bonchev–Trinajstić information content (AvgIpc) is 2.49. The molecule has 3 rings (SSSR count). The van der Waals surface area contributed by atoms with Crippen LogP contribution in [0, 0.1) is 5.82 Å². The average molecular weight is 306 g/mol. The molecule has 2 aliphatic rings. The molecule has 1 aromatic carbocycles. The van der Waals surface area contributed by atoms with Crippen LogP contribution in [0.15, 0.2) is 12.1 Å². The third-order valence-electron chi connectivity index (χ3n) is 4.33. The summed E-state index contributed by atoms with van der Waals surface area (Å²) >= 11 is 0. The number of hydrogen-bond acceptors (Lipinski definition) is 3. The highest BCUT2D eigenvalue weighted by Gasteiger charge is 2.29. The number of nitrogens with zero attached hydrogens (tertiary/aromatic N) is 1. The molecule has 0 radical (unpaired) electrons. The topological polar surface area (TPSA) is 58.6 Å². The highest BCUT2D eigenvalue weighted by Crippen LogP contribution is 2.37. The summed E-state index contributed by atoms with van der Waals surface area (Å²) in [5.41, 5.74) is 1.17. The number of likely N-dealkylation sites (tertiary alicyclic amines) is 1. The molecular weight excluding hydrogens is 287 g/mol. The van der Waals surface area contributed by atoms with Crippen LogP contribution >= 0.6 is 0 Å². The van der Waals surface area contributed by atoms with E-state index in [1.54, 1.807) is 24.8 Å². The Morgan fingerprint density at radius 1 is 1.45 bits per heavy atom. The minimum atomic E-state index is -0.698. The first-order valence-electron chi connectivity index (χ1n) is 7.52. The van der Waals surface area contributed by atoms with Crippen molar-refractivity contribution in [3.05, 3.63) is 23.5 Å². The van der Waals surface area contributed by atoms with E-state index >= 15 is 0 Å². The lowest BCUT2D eigenvalue weighted by Gasteiger charge is -2.33. The summed E-state index contributed by atoms with van der Waals surface area (Å²) in [7, 11) is 0. The van der Waals surface area contributed by atoms with Gasteiger partial charge in [-0.25, -0.2) is 4.39 Å². The number of amides is 2. The molecule has 0 aliphatic carbocycles. The lowest BCUT2D eigenvalue weighted by molar-refractivity contribution is -0.130. The predicted octanol–water partition coefficient (Wildman–Crippen LogP) is 2.27. The second-order valence-electron chi connectivity index (χ2n) is 5.93. The molecule has 1 N–H and O–H groups in total. The van der Waals surface area contributed by atoms with Gasteiger partial charge in [-0.3, -0.25) is 9.59 Å². The molecule has 6 heteroatoms. The van der Waals surface area contributed by atoms with Crippen molar-refractivity contribution in [2.75, 3.05) is 18.4 Å². The highest BCUT2D eigenvalue weighted by molar-refractivity contribution is 5.97. The molecule has 2 amide bonds. The van der Waals surface area contributed by atoms with Crippen molar-refractivity contribution in [1.82, 2.24) is 4.90 Å². The van der Waals surface area contributed by atoms with Crippen molar-refractivity contribution in [3.63, 3.8) is 0 Å². The molecule has 1 unspecified atom stereocenters. The van der Waals surface area contributed by atoms with E-state index in [0.717, 1.165) is 24.9 Å². The first kappa shape index (κ1) is 14.8. The van der Waals surface area contributed by atoms with E-state index in [1.165, 1.54) is 6.07 Å². The molecule has 2 atom stereocenters. The lowest BCUT2D eigenvalue weighted by Crippen LogP contribution is -2.38. The zero-order valence-corrected chi connectivity index (χ0v) is 12.7. The second kappa shape index (κ2) is 5.59. The van der Waals surface area contributed by atoms with Crippen molar-refractivity contribution in [1.29, 1.82) is 0 Å². The minimum absolute atomic E-state index is 0.0357. The Bertz CT molecular complexity index is 632. The quantitative estimate of drug-likeness (QED) is 0.866. The Kier molecular flexibility index (Phi) is 3.76. The number of fused-ring (bicyclic) bond motifs is 1. The number of rotatable bonds is 1. The highest BCUT2D eigenvalue weighted by atomic mass is 19.1. The normalized spacial score (nSPS) is 24.3. The van der Waals surface area contributed by atoms with Crippen LogP contribution in [0.1, 0.15) is 38.2 Å². The molecule has 1 aromatic rings. The number of carbonyl (C=O) groups is 2. The Hall–Kier alpha value is -2.11. The zero-order chi connectivity index (χ0) is 15.9. The lowest BCUT2D eigenvalue weighted by atomic mass is 9.90. The monoisotopic (exact) mass is 306 g/mol. The van der Waals surface area contributed by atoms with Crippen molar-refractivity contribution in [2.24, 2.45) is 0 Å². The predicted molar refractivity (Wildman–Crippen MR) is 79.3 cm³/mol. The summed E-state index contributed by atoms with van der Waals surface area (Å²) in [5, 5.41) is 2.68. The van der Waals surface area contributed by atoms with Crippen LogP contribution in [-0.2, 0) is 9.59 Å². The van der Waals surface area contributed by atoms with Crippen molar-refractivity contribution in [2.45, 2.75) is 38.7 Å². The van der Waals surface area contributed by atoms with Gasteiger partial charge in [0.2, 0.25) is 5.91 Å². The maximum absolute atomic E-state index is 14.3. The number of piperidine rings is 1. The fourth-order valence-corrected chi connectivity index (χ4v) is 3.06. The van der Waals surface area contributed by atoms with Gasteiger partial charge < -0.3 is 15.0 Å². The van der Waals surface area contributed by atoms with Gasteiger partial charge >= 0.3 is 0 Å². The molecule has 22 heavy (non-hydrogen) atoms. The van der Waals surface area contributed by atoms with Gasteiger partial charge in [-0.05, 0) is 37.5 Å². The third-order valence-corrected chi connectivity index (χ3v) is 4.33. The van der Waals surface area contributed by atoms with E-state index in [4.69, 9.17) is 4.74 Å². The molecule has 1 fully saturated rings. The standard InChI is InChI=1S/C16H19FN2O3/c1-9-16(21)18-14-7-12(6-13(17)15(14)22-9)11-4-3-5-19(8-11)10(2)20/h6-7,9,11H,3-5,8H2,1-2H3,(H,18,21)/t9-,11?/m1/s1. The SMILES string of the molecule is CC(=O)N1CCCC(c2cc(F)c3c(c2)NC(=O)[C@@H](C)O3)C1. The minimum Gasteiger partial charge on any atom is -0.476 e. The molecule has 2 aliphatic heterocycles. The third kappa shape index (κ3) is 2.65. The van der Waals surface area contributed by atoms with E-state index in [1.807, 2.05) is 0 Å². The molecule has 5 nitrogen and oxygen atoms in total. The second-order valence-corrected chi connectivity index (χ2v) is 5.93. The smallest absolute Gasteiger partial charge is 0.265 e. The number of carbonyl (C=O) groups excluding carboxylic acids is 2. The van der Waals surface area contributed by atoms with Crippen molar-refractivity contribution < 1.29 is 18.7 Å². The summed E-state index contributed by atoms with van der Waals surface area (Å²) in [4.78, 5) is 25.0. The Balaban J connectivity index is 1.89. The van der Waals surface area contributed by atoms with Gasteiger partial charge in [0.05, 0.1) is 5.69 Å². The zero-order valence-electron chi connectivity index (χ0n) is 12.7. The van der Waals surface area contributed by atoms with Crippen LogP contribution < -0.4 is 10.1 Å². The molecule has 0 bridgehead atoms. The molecular formula is C16H19FN2O3. The first-order valence-corrected chi connectivity index (χ1v) is 7.52. The van der Waals surface area contributed by atoms with Gasteiger partial charge in [-0.2, -0.15) is 0 Å². The summed E-state index contributed by atoms with van der Waals surface area (Å²) in [6, 6.07) is 3.22. The largest absolute Gasteiger partial charge is 0.476 e. The van der Waals surface area contributed by atoms with Crippen LogP contribution in [0.25, 0.3) is 0 Å². The van der Waals surface area contributed by atoms with Gasteiger partial charge in [-0.15, -0.1) is 0 Å². The Labute approximate surface area is 128 Å². The maximum atomic E-state index is 14.3. The van der Waals surface area contributed by atoms with Gasteiger partial charge in [0.15, 0.2) is 17.7 Å². The fourth-order valence-electron chi connectivity index (χ4n) is 3.06. The summed E-state index contributed by atoms with van der Waals surface area (Å²) < 4.78 is 19.6. The van der Waals surface area contributed by atoms with E-state index in [-0.39, 0.29) is 23.5 Å². The molecule has 1 saturated heterocycles. The first-order chi connectivity index (χ1) is 10.5. The van der Waals surface area contributed by atoms with Crippen LogP contribution in [0.2, 0.25) is 0 Å². The van der Waals surface area contributed by atoms with E-state index in [0.29, 0.717) is 12.2 Å². The number of halogens is 1. The molecule has 118 valence electrons. The van der Waals surface area contributed by atoms with Gasteiger partial charge in [0.25, 0.3) is 5.91 Å².